The molecule has 128 valence electrons. The molecule has 0 aliphatic heterocycles. The van der Waals surface area contributed by atoms with Crippen molar-refractivity contribution in [3.63, 3.8) is 0 Å². The summed E-state index contributed by atoms with van der Waals surface area (Å²) in [6.45, 7) is 6.13. The molecule has 4 nitrogen and oxygen atoms in total. The van der Waals surface area contributed by atoms with Crippen LogP contribution in [0.4, 0.5) is 0 Å². The van der Waals surface area contributed by atoms with Crippen molar-refractivity contribution in [2.45, 2.75) is 59.3 Å². The fraction of sp³-hybridized carbons (Fsp3) is 0.579. The van der Waals surface area contributed by atoms with Crippen molar-refractivity contribution >= 4 is 11.9 Å². The van der Waals surface area contributed by atoms with Crippen molar-refractivity contribution in [2.75, 3.05) is 0 Å². The number of carboxylic acids is 1. The Hall–Kier alpha value is -1.84. The van der Waals surface area contributed by atoms with Gasteiger partial charge in [-0.05, 0) is 49.8 Å². The van der Waals surface area contributed by atoms with E-state index < -0.39 is 5.97 Å². The number of aryl methyl sites for hydroxylation is 1. The highest BCUT2D eigenvalue weighted by Gasteiger charge is 2.30. The first kappa shape index (κ1) is 19.2. The van der Waals surface area contributed by atoms with E-state index in [4.69, 9.17) is 9.84 Å². The third kappa shape index (κ3) is 6.05. The molecule has 1 aliphatic carbocycles. The van der Waals surface area contributed by atoms with Gasteiger partial charge >= 0.3 is 11.9 Å². The molecule has 2 rings (SSSR count). The van der Waals surface area contributed by atoms with Crippen LogP contribution in [-0.2, 0) is 16.0 Å². The lowest BCUT2D eigenvalue weighted by molar-refractivity contribution is -0.146. The second-order valence-corrected chi connectivity index (χ2v) is 5.70. The fourth-order valence-corrected chi connectivity index (χ4v) is 2.79. The molecule has 0 unspecified atom stereocenters. The topological polar surface area (TPSA) is 63.6 Å². The predicted molar refractivity (Wildman–Crippen MR) is 90.5 cm³/mol. The summed E-state index contributed by atoms with van der Waals surface area (Å²) in [6.07, 6.45) is 4.43. The minimum Gasteiger partial charge on any atom is -0.481 e. The number of hydrogen-bond acceptors (Lipinski definition) is 3. The molecule has 0 atom stereocenters. The molecule has 1 aromatic carbocycles. The van der Waals surface area contributed by atoms with Crippen LogP contribution in [0.1, 0.15) is 58.4 Å². The van der Waals surface area contributed by atoms with Crippen LogP contribution >= 0.6 is 0 Å². The molecule has 0 bridgehead atoms. The third-order valence-corrected chi connectivity index (χ3v) is 4.09. The standard InChI is InChI=1S/C17H22O4.C2H6/c1-2-3-12-4-10-15(11-5-12)21-17(20)14-8-6-13(7-9-14)16(18)19;1-2/h4-5,10-11,13-14H,2-3,6-9H2,1H3,(H,18,19);1-2H3. The smallest absolute Gasteiger partial charge is 0.314 e. The van der Waals surface area contributed by atoms with E-state index in [-0.39, 0.29) is 17.8 Å². The summed E-state index contributed by atoms with van der Waals surface area (Å²) in [6, 6.07) is 7.61. The number of esters is 1. The molecule has 1 fully saturated rings. The summed E-state index contributed by atoms with van der Waals surface area (Å²) in [5.74, 6) is -0.895. The summed E-state index contributed by atoms with van der Waals surface area (Å²) in [7, 11) is 0. The van der Waals surface area contributed by atoms with Gasteiger partial charge in [-0.2, -0.15) is 0 Å². The Balaban J connectivity index is 0.00000127. The summed E-state index contributed by atoms with van der Waals surface area (Å²) in [5, 5.41) is 8.95. The predicted octanol–water partition coefficient (Wildman–Crippen LogP) is 4.46. The third-order valence-electron chi connectivity index (χ3n) is 4.09. The molecular formula is C19H28O4. The number of carbonyl (C=O) groups is 2. The van der Waals surface area contributed by atoms with Gasteiger partial charge in [0.15, 0.2) is 0 Å². The van der Waals surface area contributed by atoms with Crippen LogP contribution in [-0.4, -0.2) is 17.0 Å². The van der Waals surface area contributed by atoms with E-state index in [0.717, 1.165) is 12.8 Å². The summed E-state index contributed by atoms with van der Waals surface area (Å²) in [4.78, 5) is 23.0. The van der Waals surface area contributed by atoms with Crippen LogP contribution in [0.5, 0.6) is 5.75 Å². The SMILES string of the molecule is CC.CCCc1ccc(OC(=O)C2CCC(C(=O)O)CC2)cc1. The Labute approximate surface area is 138 Å². The Morgan fingerprint density at radius 1 is 1.04 bits per heavy atom. The van der Waals surface area contributed by atoms with Crippen LogP contribution in [0, 0.1) is 11.8 Å². The van der Waals surface area contributed by atoms with Gasteiger partial charge in [-0.15, -0.1) is 0 Å². The van der Waals surface area contributed by atoms with Crippen LogP contribution in [0.3, 0.4) is 0 Å². The molecule has 1 saturated carbocycles. The lowest BCUT2D eigenvalue weighted by Gasteiger charge is -2.24. The average molecular weight is 320 g/mol. The van der Waals surface area contributed by atoms with Gasteiger partial charge in [0, 0.05) is 0 Å². The molecular weight excluding hydrogens is 292 g/mol. The molecule has 1 N–H and O–H groups in total. The van der Waals surface area contributed by atoms with Crippen LogP contribution in [0.15, 0.2) is 24.3 Å². The lowest BCUT2D eigenvalue weighted by atomic mass is 9.82. The molecule has 1 aromatic rings. The summed E-state index contributed by atoms with van der Waals surface area (Å²) in [5.41, 5.74) is 1.24. The maximum atomic E-state index is 12.1. The molecule has 0 radical (unpaired) electrons. The highest BCUT2D eigenvalue weighted by molar-refractivity contribution is 5.76. The van der Waals surface area contributed by atoms with Gasteiger partial charge in [0.2, 0.25) is 0 Å². The van der Waals surface area contributed by atoms with Crippen LogP contribution < -0.4 is 4.74 Å². The molecule has 0 heterocycles. The van der Waals surface area contributed by atoms with Gasteiger partial charge in [0.25, 0.3) is 0 Å². The van der Waals surface area contributed by atoms with Crippen molar-refractivity contribution in [1.29, 1.82) is 0 Å². The number of carbonyl (C=O) groups excluding carboxylic acids is 1. The van der Waals surface area contributed by atoms with Gasteiger partial charge in [-0.1, -0.05) is 39.3 Å². The van der Waals surface area contributed by atoms with Gasteiger partial charge in [-0.25, -0.2) is 0 Å². The zero-order valence-electron chi connectivity index (χ0n) is 14.4. The van der Waals surface area contributed by atoms with Crippen molar-refractivity contribution in [1.82, 2.24) is 0 Å². The normalized spacial score (nSPS) is 20.1. The minimum absolute atomic E-state index is 0.170. The molecule has 0 aromatic heterocycles. The van der Waals surface area contributed by atoms with Crippen LogP contribution in [0.25, 0.3) is 0 Å². The monoisotopic (exact) mass is 320 g/mol. The molecule has 0 saturated heterocycles. The maximum Gasteiger partial charge on any atom is 0.314 e. The number of rotatable bonds is 5. The Morgan fingerprint density at radius 3 is 2.04 bits per heavy atom. The number of carboxylic acid groups (broad SMARTS) is 1. The molecule has 1 aliphatic rings. The van der Waals surface area contributed by atoms with Crippen molar-refractivity contribution < 1.29 is 19.4 Å². The quantitative estimate of drug-likeness (QED) is 0.642. The average Bonchev–Trinajstić information content (AvgIpc) is 2.59. The van der Waals surface area contributed by atoms with E-state index in [1.54, 1.807) is 0 Å². The summed E-state index contributed by atoms with van der Waals surface area (Å²) >= 11 is 0. The zero-order valence-corrected chi connectivity index (χ0v) is 14.4. The Morgan fingerprint density at radius 2 is 1.57 bits per heavy atom. The van der Waals surface area contributed by atoms with Gasteiger partial charge in [-0.3, -0.25) is 9.59 Å². The van der Waals surface area contributed by atoms with Gasteiger partial charge in [0.05, 0.1) is 11.8 Å². The lowest BCUT2D eigenvalue weighted by Crippen LogP contribution is -2.28. The number of benzene rings is 1. The fourth-order valence-electron chi connectivity index (χ4n) is 2.79. The van der Waals surface area contributed by atoms with E-state index in [2.05, 4.69) is 6.92 Å². The van der Waals surface area contributed by atoms with E-state index in [1.807, 2.05) is 38.1 Å². The highest BCUT2D eigenvalue weighted by atomic mass is 16.5. The summed E-state index contributed by atoms with van der Waals surface area (Å²) < 4.78 is 5.40. The van der Waals surface area contributed by atoms with Crippen molar-refractivity contribution in [3.8, 4) is 5.75 Å². The number of ether oxygens (including phenoxy) is 1. The first-order valence-corrected chi connectivity index (χ1v) is 8.63. The van der Waals surface area contributed by atoms with Crippen molar-refractivity contribution in [3.05, 3.63) is 29.8 Å². The Bertz CT molecular complexity index is 485. The zero-order chi connectivity index (χ0) is 17.2. The second kappa shape index (κ2) is 10.0. The Kier molecular flexibility index (Phi) is 8.38. The van der Waals surface area contributed by atoms with Crippen molar-refractivity contribution in [2.24, 2.45) is 11.8 Å². The first-order chi connectivity index (χ1) is 11.1. The minimum atomic E-state index is -0.756. The highest BCUT2D eigenvalue weighted by Crippen LogP contribution is 2.30. The number of aliphatic carboxylic acids is 1. The van der Waals surface area contributed by atoms with E-state index in [9.17, 15) is 9.59 Å². The number of hydrogen-bond donors (Lipinski definition) is 1. The van der Waals surface area contributed by atoms with E-state index >= 15 is 0 Å². The molecule has 0 amide bonds. The van der Waals surface area contributed by atoms with E-state index in [1.165, 1.54) is 5.56 Å². The van der Waals surface area contributed by atoms with Crippen LogP contribution in [0.2, 0.25) is 0 Å². The molecule has 4 heteroatoms. The molecule has 23 heavy (non-hydrogen) atoms. The first-order valence-electron chi connectivity index (χ1n) is 8.63. The molecule has 0 spiro atoms. The second-order valence-electron chi connectivity index (χ2n) is 5.70. The van der Waals surface area contributed by atoms with Gasteiger partial charge in [0.1, 0.15) is 5.75 Å². The van der Waals surface area contributed by atoms with Gasteiger partial charge < -0.3 is 9.84 Å². The largest absolute Gasteiger partial charge is 0.481 e. The maximum absolute atomic E-state index is 12.1. The van der Waals surface area contributed by atoms with E-state index in [0.29, 0.717) is 31.4 Å².